The molecule has 28 heavy (non-hydrogen) atoms. The maximum absolute atomic E-state index is 13.0. The second-order valence-corrected chi connectivity index (χ2v) is 7.95. The van der Waals surface area contributed by atoms with Crippen molar-refractivity contribution in [2.75, 3.05) is 11.2 Å². The van der Waals surface area contributed by atoms with Gasteiger partial charge in [-0.2, -0.15) is 0 Å². The molecule has 0 bridgehead atoms. The largest absolute Gasteiger partial charge is 0.336 e. The molecule has 0 spiro atoms. The van der Waals surface area contributed by atoms with Gasteiger partial charge in [0.25, 0.3) is 0 Å². The summed E-state index contributed by atoms with van der Waals surface area (Å²) in [4.78, 5) is 12.5. The number of hydrogen-bond donors (Lipinski definition) is 2. The van der Waals surface area contributed by atoms with Crippen LogP contribution in [0.3, 0.4) is 0 Å². The molecule has 2 aromatic carbocycles. The second-order valence-electron chi connectivity index (χ2n) is 6.64. The molecule has 0 unspecified atom stereocenters. The number of nitrogens with one attached hydrogen (secondary N) is 1. The van der Waals surface area contributed by atoms with Gasteiger partial charge in [0.15, 0.2) is 5.82 Å². The SMILES string of the molecule is Cc1ccc(NC(=O)[C@H](C)Sc2nnc(Cc3ccc(F)cc3)n2N)c(C)c1. The topological polar surface area (TPSA) is 85.8 Å². The lowest BCUT2D eigenvalue weighted by atomic mass is 10.1. The van der Waals surface area contributed by atoms with Gasteiger partial charge >= 0.3 is 0 Å². The minimum absolute atomic E-state index is 0.139. The van der Waals surface area contributed by atoms with Gasteiger partial charge in [0.1, 0.15) is 5.82 Å². The first-order valence-corrected chi connectivity index (χ1v) is 9.70. The monoisotopic (exact) mass is 399 g/mol. The Morgan fingerprint density at radius 1 is 1.21 bits per heavy atom. The summed E-state index contributed by atoms with van der Waals surface area (Å²) in [7, 11) is 0. The van der Waals surface area contributed by atoms with Crippen molar-refractivity contribution in [3.63, 3.8) is 0 Å². The molecule has 6 nitrogen and oxygen atoms in total. The summed E-state index contributed by atoms with van der Waals surface area (Å²) < 4.78 is 14.4. The third kappa shape index (κ3) is 4.69. The Morgan fingerprint density at radius 3 is 2.61 bits per heavy atom. The van der Waals surface area contributed by atoms with Crippen LogP contribution in [0, 0.1) is 19.7 Å². The van der Waals surface area contributed by atoms with E-state index in [9.17, 15) is 9.18 Å². The van der Waals surface area contributed by atoms with E-state index in [1.807, 2.05) is 32.0 Å². The average molecular weight is 399 g/mol. The number of nitrogens with zero attached hydrogens (tertiary/aromatic N) is 3. The maximum atomic E-state index is 13.0. The van der Waals surface area contributed by atoms with Crippen LogP contribution in [0.15, 0.2) is 47.6 Å². The van der Waals surface area contributed by atoms with E-state index in [1.165, 1.54) is 28.6 Å². The summed E-state index contributed by atoms with van der Waals surface area (Å²) in [5.41, 5.74) is 3.81. The van der Waals surface area contributed by atoms with Gasteiger partial charge in [0, 0.05) is 12.1 Å². The molecule has 146 valence electrons. The standard InChI is InChI=1S/C20H22FN5OS/c1-12-4-9-17(13(2)10-12)23-19(27)14(3)28-20-25-24-18(26(20)22)11-15-5-7-16(21)8-6-15/h4-10,14H,11,22H2,1-3H3,(H,23,27)/t14-/m0/s1. The number of benzene rings is 2. The van der Waals surface area contributed by atoms with Gasteiger partial charge in [-0.15, -0.1) is 10.2 Å². The van der Waals surface area contributed by atoms with Crippen LogP contribution < -0.4 is 11.2 Å². The van der Waals surface area contributed by atoms with Gasteiger partial charge in [0.2, 0.25) is 11.1 Å². The van der Waals surface area contributed by atoms with Crippen molar-refractivity contribution in [1.82, 2.24) is 14.9 Å². The summed E-state index contributed by atoms with van der Waals surface area (Å²) >= 11 is 1.23. The minimum Gasteiger partial charge on any atom is -0.336 e. The molecule has 0 aliphatic heterocycles. The number of thioether (sulfide) groups is 1. The van der Waals surface area contributed by atoms with Crippen LogP contribution in [0.1, 0.15) is 29.4 Å². The zero-order valence-electron chi connectivity index (χ0n) is 15.9. The molecular weight excluding hydrogens is 377 g/mol. The van der Waals surface area contributed by atoms with Gasteiger partial charge in [0.05, 0.1) is 5.25 Å². The number of rotatable bonds is 6. The Hall–Kier alpha value is -2.87. The highest BCUT2D eigenvalue weighted by molar-refractivity contribution is 8.00. The predicted octanol–water partition coefficient (Wildman–Crippen LogP) is 3.46. The molecule has 8 heteroatoms. The van der Waals surface area contributed by atoms with Crippen LogP contribution in [0.5, 0.6) is 0 Å². The van der Waals surface area contributed by atoms with Gasteiger partial charge < -0.3 is 11.2 Å². The molecule has 0 aliphatic rings. The number of halogens is 1. The van der Waals surface area contributed by atoms with E-state index in [1.54, 1.807) is 19.1 Å². The quantitative estimate of drug-likeness (QED) is 0.490. The van der Waals surface area contributed by atoms with Gasteiger partial charge in [-0.25, -0.2) is 9.07 Å². The summed E-state index contributed by atoms with van der Waals surface area (Å²) in [5, 5.41) is 11.1. The van der Waals surface area contributed by atoms with Gasteiger partial charge in [-0.3, -0.25) is 4.79 Å². The van der Waals surface area contributed by atoms with Crippen LogP contribution in [0.2, 0.25) is 0 Å². The Morgan fingerprint density at radius 2 is 1.93 bits per heavy atom. The average Bonchev–Trinajstić information content (AvgIpc) is 2.99. The van der Waals surface area contributed by atoms with Crippen molar-refractivity contribution in [2.24, 2.45) is 0 Å². The fraction of sp³-hybridized carbons (Fsp3) is 0.250. The number of aryl methyl sites for hydroxylation is 2. The predicted molar refractivity (Wildman–Crippen MR) is 109 cm³/mol. The van der Waals surface area contributed by atoms with E-state index < -0.39 is 5.25 Å². The molecule has 1 heterocycles. The number of anilines is 1. The molecule has 0 saturated carbocycles. The van der Waals surface area contributed by atoms with E-state index in [0.717, 1.165) is 22.4 Å². The number of amides is 1. The second kappa shape index (κ2) is 8.43. The van der Waals surface area contributed by atoms with Gasteiger partial charge in [-0.05, 0) is 50.1 Å². The third-order valence-corrected chi connectivity index (χ3v) is 5.36. The van der Waals surface area contributed by atoms with Crippen LogP contribution in [-0.2, 0) is 11.2 Å². The van der Waals surface area contributed by atoms with Gasteiger partial charge in [-0.1, -0.05) is 41.6 Å². The summed E-state index contributed by atoms with van der Waals surface area (Å²) in [6, 6.07) is 12.0. The van der Waals surface area contributed by atoms with Crippen LogP contribution in [-0.4, -0.2) is 26.0 Å². The smallest absolute Gasteiger partial charge is 0.237 e. The number of nitrogen functional groups attached to an aromatic ring is 1. The zero-order valence-corrected chi connectivity index (χ0v) is 16.8. The fourth-order valence-corrected chi connectivity index (χ4v) is 3.48. The van der Waals surface area contributed by atoms with Crippen molar-refractivity contribution in [1.29, 1.82) is 0 Å². The first-order valence-electron chi connectivity index (χ1n) is 8.82. The number of hydrogen-bond acceptors (Lipinski definition) is 5. The van der Waals surface area contributed by atoms with Crippen LogP contribution in [0.4, 0.5) is 10.1 Å². The Bertz CT molecular complexity index is 987. The highest BCUT2D eigenvalue weighted by Crippen LogP contribution is 2.24. The number of nitrogens with two attached hydrogens (primary N) is 1. The Balaban J connectivity index is 1.65. The third-order valence-electron chi connectivity index (χ3n) is 4.30. The molecule has 0 fully saturated rings. The molecule has 0 aliphatic carbocycles. The molecule has 1 amide bonds. The number of carbonyl (C=O) groups is 1. The Kier molecular flexibility index (Phi) is 5.99. The lowest BCUT2D eigenvalue weighted by Crippen LogP contribution is -2.24. The zero-order chi connectivity index (χ0) is 20.3. The van der Waals surface area contributed by atoms with E-state index >= 15 is 0 Å². The molecule has 3 aromatic rings. The summed E-state index contributed by atoms with van der Waals surface area (Å²) in [5.74, 6) is 6.19. The first kappa shape index (κ1) is 19.9. The molecule has 1 aromatic heterocycles. The lowest BCUT2D eigenvalue weighted by molar-refractivity contribution is -0.115. The molecule has 0 radical (unpaired) electrons. The molecule has 3 rings (SSSR count). The maximum Gasteiger partial charge on any atom is 0.237 e. The Labute approximate surface area is 167 Å². The first-order chi connectivity index (χ1) is 13.3. The van der Waals surface area contributed by atoms with E-state index in [4.69, 9.17) is 5.84 Å². The number of carbonyl (C=O) groups excluding carboxylic acids is 1. The van der Waals surface area contributed by atoms with Crippen molar-refractivity contribution < 1.29 is 9.18 Å². The minimum atomic E-state index is -0.411. The van der Waals surface area contributed by atoms with E-state index in [-0.39, 0.29) is 11.7 Å². The highest BCUT2D eigenvalue weighted by Gasteiger charge is 2.20. The lowest BCUT2D eigenvalue weighted by Gasteiger charge is -2.13. The van der Waals surface area contributed by atoms with E-state index in [2.05, 4.69) is 15.5 Å². The molecule has 3 N–H and O–H groups in total. The summed E-state index contributed by atoms with van der Waals surface area (Å²) in [6.07, 6.45) is 0.424. The molecular formula is C20H22FN5OS. The normalized spacial score (nSPS) is 12.0. The van der Waals surface area contributed by atoms with Crippen molar-refractivity contribution in [3.8, 4) is 0 Å². The van der Waals surface area contributed by atoms with Crippen molar-refractivity contribution in [2.45, 2.75) is 37.6 Å². The summed E-state index contributed by atoms with van der Waals surface area (Å²) in [6.45, 7) is 5.76. The highest BCUT2D eigenvalue weighted by atomic mass is 32.2. The van der Waals surface area contributed by atoms with Crippen LogP contribution >= 0.6 is 11.8 Å². The van der Waals surface area contributed by atoms with E-state index in [0.29, 0.717) is 17.4 Å². The van der Waals surface area contributed by atoms with Crippen molar-refractivity contribution >= 4 is 23.4 Å². The van der Waals surface area contributed by atoms with Crippen LogP contribution in [0.25, 0.3) is 0 Å². The number of aromatic nitrogens is 3. The molecule has 1 atom stereocenters. The molecule has 0 saturated heterocycles. The van der Waals surface area contributed by atoms with Crippen molar-refractivity contribution in [3.05, 3.63) is 70.8 Å². The fourth-order valence-electron chi connectivity index (χ4n) is 2.69.